The van der Waals surface area contributed by atoms with E-state index in [4.69, 9.17) is 16.3 Å². The molecule has 5 nitrogen and oxygen atoms in total. The van der Waals surface area contributed by atoms with Gasteiger partial charge >= 0.3 is 0 Å². The predicted molar refractivity (Wildman–Crippen MR) is 98.4 cm³/mol. The molecule has 1 unspecified atom stereocenters. The third-order valence-electron chi connectivity index (χ3n) is 4.34. The van der Waals surface area contributed by atoms with Crippen molar-refractivity contribution in [2.75, 3.05) is 7.11 Å². The lowest BCUT2D eigenvalue weighted by Crippen LogP contribution is -2.42. The first kappa shape index (κ1) is 17.8. The summed E-state index contributed by atoms with van der Waals surface area (Å²) >= 11 is 7.51. The summed E-state index contributed by atoms with van der Waals surface area (Å²) < 4.78 is 5.15. The Kier molecular flexibility index (Phi) is 5.30. The van der Waals surface area contributed by atoms with Gasteiger partial charge in [-0.25, -0.2) is 0 Å². The number of ether oxygens (including phenoxy) is 1. The molecule has 1 heterocycles. The molecule has 1 aromatic heterocycles. The van der Waals surface area contributed by atoms with Crippen LogP contribution in [0.15, 0.2) is 23.6 Å². The highest BCUT2D eigenvalue weighted by atomic mass is 35.5. The van der Waals surface area contributed by atoms with E-state index in [0.29, 0.717) is 27.8 Å². The number of amides is 2. The molecular formula is C18H19ClN2O3S. The first-order chi connectivity index (χ1) is 12.0. The molecule has 0 bridgehead atoms. The van der Waals surface area contributed by atoms with Crippen molar-refractivity contribution in [3.63, 3.8) is 0 Å². The number of carbonyl (C=O) groups excluding carboxylic acids is 2. The van der Waals surface area contributed by atoms with Crippen LogP contribution < -0.4 is 15.6 Å². The number of hydrogen-bond donors (Lipinski definition) is 2. The predicted octanol–water partition coefficient (Wildman–Crippen LogP) is 3.61. The Morgan fingerprint density at radius 1 is 1.24 bits per heavy atom. The molecule has 1 atom stereocenters. The largest absolute Gasteiger partial charge is 0.496 e. The van der Waals surface area contributed by atoms with Crippen LogP contribution in [0.25, 0.3) is 0 Å². The SMILES string of the molecule is COc1cc(Cl)ccc1C(=O)NNC(=O)c1csc2c1CCC(C)C2. The number of hydrazine groups is 1. The van der Waals surface area contributed by atoms with Gasteiger partial charge in [0.05, 0.1) is 18.2 Å². The van der Waals surface area contributed by atoms with Gasteiger partial charge in [0.1, 0.15) is 5.75 Å². The molecule has 7 heteroatoms. The number of carbonyl (C=O) groups is 2. The van der Waals surface area contributed by atoms with Gasteiger partial charge in [0, 0.05) is 15.3 Å². The number of fused-ring (bicyclic) bond motifs is 1. The van der Waals surface area contributed by atoms with E-state index >= 15 is 0 Å². The van der Waals surface area contributed by atoms with Gasteiger partial charge in [-0.2, -0.15) is 0 Å². The van der Waals surface area contributed by atoms with Gasteiger partial charge in [0.15, 0.2) is 0 Å². The number of nitrogens with one attached hydrogen (secondary N) is 2. The van der Waals surface area contributed by atoms with E-state index < -0.39 is 5.91 Å². The summed E-state index contributed by atoms with van der Waals surface area (Å²) in [6, 6.07) is 4.70. The maximum atomic E-state index is 12.4. The number of benzene rings is 1. The third-order valence-corrected chi connectivity index (χ3v) is 5.63. The van der Waals surface area contributed by atoms with E-state index in [1.807, 2.05) is 5.38 Å². The van der Waals surface area contributed by atoms with Gasteiger partial charge < -0.3 is 4.74 Å². The second kappa shape index (κ2) is 7.45. The van der Waals surface area contributed by atoms with Crippen molar-refractivity contribution in [2.24, 2.45) is 5.92 Å². The van der Waals surface area contributed by atoms with Crippen LogP contribution in [0.4, 0.5) is 0 Å². The molecule has 0 spiro atoms. The Bertz CT molecular complexity index is 819. The Morgan fingerprint density at radius 3 is 2.68 bits per heavy atom. The lowest BCUT2D eigenvalue weighted by molar-refractivity contribution is 0.0844. The van der Waals surface area contributed by atoms with Gasteiger partial charge in [0.25, 0.3) is 11.8 Å². The molecule has 3 rings (SSSR count). The molecule has 2 amide bonds. The summed E-state index contributed by atoms with van der Waals surface area (Å²) in [6.45, 7) is 2.22. The Hall–Kier alpha value is -2.05. The number of thiophene rings is 1. The Balaban J connectivity index is 1.68. The highest BCUT2D eigenvalue weighted by Crippen LogP contribution is 2.32. The highest BCUT2D eigenvalue weighted by Gasteiger charge is 2.23. The summed E-state index contributed by atoms with van der Waals surface area (Å²) in [4.78, 5) is 26.0. The van der Waals surface area contributed by atoms with Gasteiger partial charge in [-0.15, -0.1) is 11.3 Å². The monoisotopic (exact) mass is 378 g/mol. The number of halogens is 1. The summed E-state index contributed by atoms with van der Waals surface area (Å²) in [5, 5.41) is 2.34. The fourth-order valence-corrected chi connectivity index (χ4v) is 4.38. The quantitative estimate of drug-likeness (QED) is 0.802. The number of methoxy groups -OCH3 is 1. The molecule has 0 saturated carbocycles. The summed E-state index contributed by atoms with van der Waals surface area (Å²) in [5.74, 6) is 0.244. The van der Waals surface area contributed by atoms with E-state index in [0.717, 1.165) is 24.8 Å². The van der Waals surface area contributed by atoms with Crippen molar-refractivity contribution in [3.8, 4) is 5.75 Å². The lowest BCUT2D eigenvalue weighted by Gasteiger charge is -2.19. The van der Waals surface area contributed by atoms with Crippen molar-refractivity contribution in [1.82, 2.24) is 10.9 Å². The zero-order chi connectivity index (χ0) is 18.0. The van der Waals surface area contributed by atoms with Crippen LogP contribution in [-0.2, 0) is 12.8 Å². The smallest absolute Gasteiger partial charge is 0.273 e. The van der Waals surface area contributed by atoms with Gasteiger partial charge in [-0.1, -0.05) is 18.5 Å². The van der Waals surface area contributed by atoms with Gasteiger partial charge in [-0.05, 0) is 48.9 Å². The van der Waals surface area contributed by atoms with Crippen LogP contribution in [-0.4, -0.2) is 18.9 Å². The average Bonchev–Trinajstić information content (AvgIpc) is 3.02. The second-order valence-corrected chi connectivity index (χ2v) is 7.55. The lowest BCUT2D eigenvalue weighted by atomic mass is 9.88. The Morgan fingerprint density at radius 2 is 1.96 bits per heavy atom. The average molecular weight is 379 g/mol. The second-order valence-electron chi connectivity index (χ2n) is 6.15. The van der Waals surface area contributed by atoms with Gasteiger partial charge in [-0.3, -0.25) is 20.4 Å². The third kappa shape index (κ3) is 3.80. The van der Waals surface area contributed by atoms with Crippen LogP contribution >= 0.6 is 22.9 Å². The van der Waals surface area contributed by atoms with Crippen molar-refractivity contribution in [1.29, 1.82) is 0 Å². The highest BCUT2D eigenvalue weighted by molar-refractivity contribution is 7.10. The molecule has 132 valence electrons. The van der Waals surface area contributed by atoms with Crippen molar-refractivity contribution in [3.05, 3.63) is 50.2 Å². The van der Waals surface area contributed by atoms with Crippen LogP contribution in [0.2, 0.25) is 5.02 Å². The van der Waals surface area contributed by atoms with E-state index in [9.17, 15) is 9.59 Å². The summed E-state index contributed by atoms with van der Waals surface area (Å²) in [7, 11) is 1.46. The van der Waals surface area contributed by atoms with Crippen molar-refractivity contribution >= 4 is 34.8 Å². The molecule has 1 aliphatic rings. The maximum Gasteiger partial charge on any atom is 0.273 e. The van der Waals surface area contributed by atoms with Crippen LogP contribution in [0.5, 0.6) is 5.75 Å². The van der Waals surface area contributed by atoms with Gasteiger partial charge in [0.2, 0.25) is 0 Å². The van der Waals surface area contributed by atoms with E-state index in [1.165, 1.54) is 12.0 Å². The molecule has 0 saturated heterocycles. The zero-order valence-corrected chi connectivity index (χ0v) is 15.6. The molecule has 2 N–H and O–H groups in total. The minimum absolute atomic E-state index is 0.298. The van der Waals surface area contributed by atoms with E-state index in [2.05, 4.69) is 17.8 Å². The fraction of sp³-hybridized carbons (Fsp3) is 0.333. The first-order valence-corrected chi connectivity index (χ1v) is 9.28. The number of hydrogen-bond acceptors (Lipinski definition) is 4. The molecule has 0 radical (unpaired) electrons. The standard InChI is InChI=1S/C18H19ClN2O3S/c1-10-3-5-12-14(9-25-16(12)7-10)18(23)21-20-17(22)13-6-4-11(19)8-15(13)24-2/h4,6,8-10H,3,5,7H2,1-2H3,(H,20,22)(H,21,23). The molecule has 0 aliphatic heterocycles. The van der Waals surface area contributed by atoms with E-state index in [-0.39, 0.29) is 5.91 Å². The van der Waals surface area contributed by atoms with Crippen molar-refractivity contribution < 1.29 is 14.3 Å². The number of rotatable bonds is 3. The molecular weight excluding hydrogens is 360 g/mol. The zero-order valence-electron chi connectivity index (χ0n) is 14.0. The fourth-order valence-electron chi connectivity index (χ4n) is 2.97. The van der Waals surface area contributed by atoms with E-state index in [1.54, 1.807) is 29.5 Å². The molecule has 1 aliphatic carbocycles. The molecule has 1 aromatic carbocycles. The van der Waals surface area contributed by atoms with Crippen LogP contribution in [0, 0.1) is 5.92 Å². The van der Waals surface area contributed by atoms with Crippen LogP contribution in [0.3, 0.4) is 0 Å². The Labute approximate surface area is 155 Å². The summed E-state index contributed by atoms with van der Waals surface area (Å²) in [5.41, 5.74) is 6.99. The van der Waals surface area contributed by atoms with Crippen LogP contribution in [0.1, 0.15) is 44.5 Å². The maximum absolute atomic E-state index is 12.4. The minimum atomic E-state index is -0.459. The minimum Gasteiger partial charge on any atom is -0.496 e. The first-order valence-electron chi connectivity index (χ1n) is 8.03. The molecule has 2 aromatic rings. The van der Waals surface area contributed by atoms with Crippen molar-refractivity contribution in [2.45, 2.75) is 26.2 Å². The summed E-state index contributed by atoms with van der Waals surface area (Å²) in [6.07, 6.45) is 3.00. The normalized spacial score (nSPS) is 16.0. The molecule has 25 heavy (non-hydrogen) atoms. The molecule has 0 fully saturated rings. The topological polar surface area (TPSA) is 67.4 Å².